The monoisotopic (exact) mass is 450 g/mol. The van der Waals surface area contributed by atoms with Crippen molar-refractivity contribution in [3.8, 4) is 17.5 Å². The molecule has 0 aliphatic rings. The summed E-state index contributed by atoms with van der Waals surface area (Å²) in [7, 11) is 0. The number of aliphatic hydroxyl groups excluding tert-OH is 1. The molecule has 0 saturated carbocycles. The van der Waals surface area contributed by atoms with Crippen LogP contribution in [0, 0.1) is 11.3 Å². The van der Waals surface area contributed by atoms with Gasteiger partial charge in [0.05, 0.1) is 23.0 Å². The van der Waals surface area contributed by atoms with Crippen LogP contribution in [0.3, 0.4) is 0 Å². The van der Waals surface area contributed by atoms with Crippen molar-refractivity contribution in [1.82, 2.24) is 15.0 Å². The number of rotatable bonds is 4. The van der Waals surface area contributed by atoms with E-state index in [2.05, 4.69) is 27.0 Å². The summed E-state index contributed by atoms with van der Waals surface area (Å²) in [5.41, 5.74) is 2.86. The van der Waals surface area contributed by atoms with E-state index in [0.717, 1.165) is 37.2 Å². The Morgan fingerprint density at radius 1 is 1.21 bits per heavy atom. The first-order valence-electron chi connectivity index (χ1n) is 8.70. The van der Waals surface area contributed by atoms with Crippen molar-refractivity contribution in [3.63, 3.8) is 0 Å². The molecule has 3 aromatic heterocycles. The molecular formula is C21H15BrN4OS. The summed E-state index contributed by atoms with van der Waals surface area (Å²) < 4.78 is 0.760. The number of halogens is 1. The fraction of sp³-hybridized carbons (Fsp3) is 0.143. The Labute approximate surface area is 174 Å². The molecule has 5 nitrogen and oxygen atoms in total. The minimum absolute atomic E-state index is 0.571. The maximum absolute atomic E-state index is 10.8. The summed E-state index contributed by atoms with van der Waals surface area (Å²) >= 11 is 4.88. The number of aromatic nitrogens is 3. The second-order valence-electron chi connectivity index (χ2n) is 6.18. The lowest BCUT2D eigenvalue weighted by Crippen LogP contribution is -2.00. The number of thiophene rings is 1. The molecule has 0 saturated heterocycles. The molecule has 0 aliphatic heterocycles. The number of hydrogen-bond donors (Lipinski definition) is 1. The predicted octanol–water partition coefficient (Wildman–Crippen LogP) is 5.03. The van der Waals surface area contributed by atoms with Crippen LogP contribution in [0.25, 0.3) is 21.6 Å². The number of nitriles is 1. The molecule has 3 heterocycles. The van der Waals surface area contributed by atoms with Crippen LogP contribution in [-0.2, 0) is 6.42 Å². The van der Waals surface area contributed by atoms with Gasteiger partial charge in [0, 0.05) is 26.5 Å². The number of hydrogen-bond acceptors (Lipinski definition) is 6. The van der Waals surface area contributed by atoms with E-state index in [9.17, 15) is 5.11 Å². The summed E-state index contributed by atoms with van der Waals surface area (Å²) in [4.78, 5) is 15.3. The van der Waals surface area contributed by atoms with Gasteiger partial charge in [0.25, 0.3) is 0 Å². The van der Waals surface area contributed by atoms with Crippen molar-refractivity contribution in [2.75, 3.05) is 0 Å². The molecule has 0 amide bonds. The maximum Gasteiger partial charge on any atom is 0.161 e. The topological polar surface area (TPSA) is 82.7 Å². The Kier molecular flexibility index (Phi) is 5.18. The summed E-state index contributed by atoms with van der Waals surface area (Å²) in [5, 5.41) is 20.9. The van der Waals surface area contributed by atoms with Crippen LogP contribution in [0.15, 0.2) is 53.1 Å². The van der Waals surface area contributed by atoms with Gasteiger partial charge in [0.2, 0.25) is 0 Å². The second kappa shape index (κ2) is 7.76. The highest BCUT2D eigenvalue weighted by Crippen LogP contribution is 2.36. The highest BCUT2D eigenvalue weighted by Gasteiger charge is 2.20. The zero-order chi connectivity index (χ0) is 19.7. The van der Waals surface area contributed by atoms with Gasteiger partial charge in [-0.1, -0.05) is 19.1 Å². The molecule has 7 heteroatoms. The van der Waals surface area contributed by atoms with Gasteiger partial charge in [-0.3, -0.25) is 4.98 Å². The van der Waals surface area contributed by atoms with Crippen molar-refractivity contribution in [2.24, 2.45) is 0 Å². The molecule has 1 atom stereocenters. The lowest BCUT2D eigenvalue weighted by molar-refractivity contribution is 0.218. The molecule has 0 spiro atoms. The van der Waals surface area contributed by atoms with Crippen molar-refractivity contribution >= 4 is 37.5 Å². The highest BCUT2D eigenvalue weighted by molar-refractivity contribution is 9.10. The van der Waals surface area contributed by atoms with E-state index in [1.54, 1.807) is 18.3 Å². The van der Waals surface area contributed by atoms with Gasteiger partial charge in [-0.15, -0.1) is 11.3 Å². The lowest BCUT2D eigenvalue weighted by Gasteiger charge is -2.08. The molecule has 1 N–H and O–H groups in total. The Hall–Kier alpha value is -2.66. The first-order chi connectivity index (χ1) is 13.6. The largest absolute Gasteiger partial charge is 0.381 e. The zero-order valence-corrected chi connectivity index (χ0v) is 17.3. The Bertz CT molecular complexity index is 1210. The molecule has 4 rings (SSSR count). The van der Waals surface area contributed by atoms with Gasteiger partial charge >= 0.3 is 0 Å². The SMILES string of the molecule is CCc1nc(-c2cccc(C#N)c2)nc2sc(C(O)c3ncccc3Br)cc12. The van der Waals surface area contributed by atoms with Gasteiger partial charge in [0.15, 0.2) is 5.82 Å². The van der Waals surface area contributed by atoms with Crippen molar-refractivity contribution in [1.29, 1.82) is 5.26 Å². The standard InChI is InChI=1S/C21H15BrN4OS/c1-2-16-14-10-17(19(27)18-15(22)7-4-8-24-18)28-21(14)26-20(25-16)13-6-3-5-12(9-13)11-23/h3-10,19,27H,2H2,1H3. The average molecular weight is 451 g/mol. The minimum atomic E-state index is -0.843. The van der Waals surface area contributed by atoms with E-state index >= 15 is 0 Å². The number of aliphatic hydroxyl groups is 1. The van der Waals surface area contributed by atoms with Crippen molar-refractivity contribution in [2.45, 2.75) is 19.4 Å². The molecule has 28 heavy (non-hydrogen) atoms. The van der Waals surface area contributed by atoms with E-state index < -0.39 is 6.10 Å². The third-order valence-electron chi connectivity index (χ3n) is 4.39. The summed E-state index contributed by atoms with van der Waals surface area (Å²) in [5.74, 6) is 0.586. The van der Waals surface area contributed by atoms with Crippen LogP contribution >= 0.6 is 27.3 Å². The average Bonchev–Trinajstić information content (AvgIpc) is 3.17. The summed E-state index contributed by atoms with van der Waals surface area (Å²) in [6.07, 6.45) is 1.56. The van der Waals surface area contributed by atoms with E-state index in [4.69, 9.17) is 15.2 Å². The lowest BCUT2D eigenvalue weighted by atomic mass is 10.1. The van der Waals surface area contributed by atoms with Gasteiger partial charge in [-0.2, -0.15) is 5.26 Å². The normalized spacial score (nSPS) is 12.1. The summed E-state index contributed by atoms with van der Waals surface area (Å²) in [6.45, 7) is 2.04. The number of fused-ring (bicyclic) bond motifs is 1. The second-order valence-corrected chi connectivity index (χ2v) is 8.10. The Morgan fingerprint density at radius 3 is 2.82 bits per heavy atom. The fourth-order valence-electron chi connectivity index (χ4n) is 2.99. The van der Waals surface area contributed by atoms with Crippen molar-refractivity contribution < 1.29 is 5.11 Å². The predicted molar refractivity (Wildman–Crippen MR) is 113 cm³/mol. The molecule has 1 aromatic carbocycles. The fourth-order valence-corrected chi connectivity index (χ4v) is 4.51. The first kappa shape index (κ1) is 18.7. The third-order valence-corrected chi connectivity index (χ3v) is 6.14. The molecule has 4 aromatic rings. The molecule has 0 radical (unpaired) electrons. The van der Waals surface area contributed by atoms with Gasteiger partial charge in [0.1, 0.15) is 10.9 Å². The van der Waals surface area contributed by atoms with Gasteiger partial charge < -0.3 is 5.11 Å². The van der Waals surface area contributed by atoms with Crippen LogP contribution in [-0.4, -0.2) is 20.1 Å². The smallest absolute Gasteiger partial charge is 0.161 e. The number of nitrogens with zero attached hydrogens (tertiary/aromatic N) is 4. The number of aryl methyl sites for hydroxylation is 1. The molecule has 0 aliphatic carbocycles. The highest BCUT2D eigenvalue weighted by atomic mass is 79.9. The quantitative estimate of drug-likeness (QED) is 0.471. The maximum atomic E-state index is 10.8. The Morgan fingerprint density at radius 2 is 2.07 bits per heavy atom. The van der Waals surface area contributed by atoms with Crippen LogP contribution in [0.5, 0.6) is 0 Å². The molecular weight excluding hydrogens is 436 g/mol. The molecule has 0 fully saturated rings. The minimum Gasteiger partial charge on any atom is -0.381 e. The molecule has 1 unspecified atom stereocenters. The molecule has 0 bridgehead atoms. The van der Waals surface area contributed by atoms with Gasteiger partial charge in [-0.25, -0.2) is 9.97 Å². The van der Waals surface area contributed by atoms with E-state index in [1.165, 1.54) is 11.3 Å². The van der Waals surface area contributed by atoms with Crippen LogP contribution < -0.4 is 0 Å². The zero-order valence-electron chi connectivity index (χ0n) is 14.9. The van der Waals surface area contributed by atoms with E-state index in [-0.39, 0.29) is 0 Å². The first-order valence-corrected chi connectivity index (χ1v) is 10.3. The van der Waals surface area contributed by atoms with Crippen LogP contribution in [0.1, 0.15) is 34.9 Å². The Balaban J connectivity index is 1.83. The van der Waals surface area contributed by atoms with E-state index in [1.807, 2.05) is 37.3 Å². The van der Waals surface area contributed by atoms with E-state index in [0.29, 0.717) is 17.1 Å². The third kappa shape index (κ3) is 3.42. The van der Waals surface area contributed by atoms with Crippen LogP contribution in [0.2, 0.25) is 0 Å². The summed E-state index contributed by atoms with van der Waals surface area (Å²) in [6, 6.07) is 15.0. The van der Waals surface area contributed by atoms with Crippen LogP contribution in [0.4, 0.5) is 0 Å². The molecule has 138 valence electrons. The van der Waals surface area contributed by atoms with Crippen molar-refractivity contribution in [3.05, 3.63) is 75.0 Å². The number of benzene rings is 1. The van der Waals surface area contributed by atoms with Gasteiger partial charge in [-0.05, 0) is 52.7 Å². The number of pyridine rings is 1.